The highest BCUT2D eigenvalue weighted by atomic mass is 32.2. The number of halogens is 3. The summed E-state index contributed by atoms with van der Waals surface area (Å²) in [5, 5.41) is 13.6. The van der Waals surface area contributed by atoms with E-state index in [-0.39, 0.29) is 43.3 Å². The van der Waals surface area contributed by atoms with Gasteiger partial charge in [-0.25, -0.2) is 13.2 Å². The minimum absolute atomic E-state index is 0.0251. The normalized spacial score (nSPS) is 15.3. The number of benzene rings is 2. The molecule has 2 amide bonds. The van der Waals surface area contributed by atoms with Crippen LogP contribution in [0.4, 0.5) is 23.7 Å². The zero-order valence-corrected chi connectivity index (χ0v) is 18.1. The largest absolute Gasteiger partial charge is 0.416 e. The molecule has 0 saturated carbocycles. The maximum atomic E-state index is 12.8. The lowest BCUT2D eigenvalue weighted by Crippen LogP contribution is -2.53. The summed E-state index contributed by atoms with van der Waals surface area (Å²) in [5.74, 6) is 0. The molecule has 1 aliphatic heterocycles. The minimum Gasteiger partial charge on any atom is -0.338 e. The molecule has 1 N–H and O–H groups in total. The monoisotopic (exact) mass is 486 g/mol. The van der Waals surface area contributed by atoms with Crippen LogP contribution in [0.15, 0.2) is 53.4 Å². The summed E-state index contributed by atoms with van der Waals surface area (Å²) < 4.78 is 64.5. The third-order valence-corrected chi connectivity index (χ3v) is 7.06. The molecule has 1 saturated heterocycles. The van der Waals surface area contributed by atoms with E-state index < -0.39 is 32.7 Å². The molecular weight excluding hydrogens is 465 g/mol. The van der Waals surface area contributed by atoms with Crippen LogP contribution in [0.5, 0.6) is 0 Å². The number of nitro groups is 1. The lowest BCUT2D eigenvalue weighted by atomic mass is 10.1. The summed E-state index contributed by atoms with van der Waals surface area (Å²) in [6.45, 7) is 0.506. The number of hydrogen-bond acceptors (Lipinski definition) is 5. The number of sulfonamides is 1. The number of rotatable bonds is 6. The molecule has 0 atom stereocenters. The fourth-order valence-corrected chi connectivity index (χ4v) is 4.79. The topological polar surface area (TPSA) is 113 Å². The van der Waals surface area contributed by atoms with Crippen LogP contribution in [0.1, 0.15) is 11.1 Å². The molecule has 2 aromatic carbocycles. The third-order valence-electron chi connectivity index (χ3n) is 5.16. The Kier molecular flexibility index (Phi) is 7.22. The Balaban J connectivity index is 1.49. The lowest BCUT2D eigenvalue weighted by molar-refractivity contribution is -0.385. The first-order valence-corrected chi connectivity index (χ1v) is 11.4. The molecule has 1 aliphatic rings. The maximum absolute atomic E-state index is 12.8. The molecule has 9 nitrogen and oxygen atoms in total. The molecule has 13 heteroatoms. The van der Waals surface area contributed by atoms with Gasteiger partial charge in [-0.15, -0.1) is 0 Å². The minimum atomic E-state index is -4.41. The summed E-state index contributed by atoms with van der Waals surface area (Å²) in [7, 11) is -3.94. The van der Waals surface area contributed by atoms with Gasteiger partial charge in [0, 0.05) is 44.9 Å². The number of carbonyl (C=O) groups excluding carboxylic acids is 1. The van der Waals surface area contributed by atoms with E-state index >= 15 is 0 Å². The lowest BCUT2D eigenvalue weighted by Gasteiger charge is -2.34. The summed E-state index contributed by atoms with van der Waals surface area (Å²) in [5.41, 5.74) is -0.438. The summed E-state index contributed by atoms with van der Waals surface area (Å²) in [6, 6.07) is 9.04. The number of nitro benzene ring substituents is 1. The van der Waals surface area contributed by atoms with Crippen LogP contribution in [0, 0.1) is 10.1 Å². The third kappa shape index (κ3) is 5.99. The smallest absolute Gasteiger partial charge is 0.338 e. The van der Waals surface area contributed by atoms with Gasteiger partial charge in [0.1, 0.15) is 0 Å². The second-order valence-electron chi connectivity index (χ2n) is 7.32. The van der Waals surface area contributed by atoms with Crippen molar-refractivity contribution >= 4 is 21.7 Å². The van der Waals surface area contributed by atoms with Gasteiger partial charge in [0.15, 0.2) is 0 Å². The first-order chi connectivity index (χ1) is 15.5. The first kappa shape index (κ1) is 24.5. The number of alkyl halides is 3. The van der Waals surface area contributed by atoms with Crippen molar-refractivity contribution in [3.63, 3.8) is 0 Å². The number of non-ortho nitro benzene ring substituents is 1. The first-order valence-electron chi connectivity index (χ1n) is 9.92. The zero-order chi connectivity index (χ0) is 24.2. The maximum Gasteiger partial charge on any atom is 0.416 e. The van der Waals surface area contributed by atoms with Crippen molar-refractivity contribution in [1.82, 2.24) is 14.5 Å². The van der Waals surface area contributed by atoms with Crippen LogP contribution < -0.4 is 5.32 Å². The van der Waals surface area contributed by atoms with E-state index in [1.807, 2.05) is 0 Å². The van der Waals surface area contributed by atoms with Crippen LogP contribution in [0.3, 0.4) is 0 Å². The Bertz CT molecular complexity index is 1120. The molecule has 0 bridgehead atoms. The summed E-state index contributed by atoms with van der Waals surface area (Å²) in [4.78, 5) is 23.8. The Hall–Kier alpha value is -3.19. The molecule has 0 radical (unpaired) electrons. The quantitative estimate of drug-likeness (QED) is 0.498. The van der Waals surface area contributed by atoms with Crippen molar-refractivity contribution in [2.45, 2.75) is 17.5 Å². The number of amides is 2. The van der Waals surface area contributed by atoms with E-state index in [4.69, 9.17) is 0 Å². The average Bonchev–Trinajstić information content (AvgIpc) is 2.79. The fourth-order valence-electron chi connectivity index (χ4n) is 3.32. The standard InChI is InChI=1S/C20H21F3N4O5S/c21-20(22,23)16-6-4-15(5-7-16)8-9-24-19(28)25-10-12-26(13-11-25)33(31,32)18-3-1-2-17(14-18)27(29)30/h1-7,14H,8-13H2,(H,24,28). The Morgan fingerprint density at radius 1 is 1.06 bits per heavy atom. The second-order valence-corrected chi connectivity index (χ2v) is 9.26. The van der Waals surface area contributed by atoms with Gasteiger partial charge in [-0.2, -0.15) is 17.5 Å². The number of piperazine rings is 1. The van der Waals surface area contributed by atoms with E-state index in [1.54, 1.807) is 0 Å². The summed E-state index contributed by atoms with van der Waals surface area (Å²) in [6.07, 6.45) is -4.07. The molecule has 1 heterocycles. The van der Waals surface area contributed by atoms with E-state index in [0.29, 0.717) is 12.0 Å². The zero-order valence-electron chi connectivity index (χ0n) is 17.3. The van der Waals surface area contributed by atoms with Crippen molar-refractivity contribution < 1.29 is 31.3 Å². The number of carbonyl (C=O) groups is 1. The molecule has 0 aliphatic carbocycles. The molecule has 0 spiro atoms. The molecule has 33 heavy (non-hydrogen) atoms. The molecule has 0 unspecified atom stereocenters. The van der Waals surface area contributed by atoms with Crippen LogP contribution >= 0.6 is 0 Å². The van der Waals surface area contributed by atoms with Gasteiger partial charge >= 0.3 is 12.2 Å². The van der Waals surface area contributed by atoms with Gasteiger partial charge in [0.05, 0.1) is 15.4 Å². The van der Waals surface area contributed by atoms with Gasteiger partial charge in [0.25, 0.3) is 5.69 Å². The average molecular weight is 486 g/mol. The van der Waals surface area contributed by atoms with Crippen molar-refractivity contribution in [3.05, 3.63) is 69.8 Å². The van der Waals surface area contributed by atoms with Gasteiger partial charge in [0.2, 0.25) is 10.0 Å². The van der Waals surface area contributed by atoms with E-state index in [2.05, 4.69) is 5.32 Å². The van der Waals surface area contributed by atoms with Gasteiger partial charge in [-0.05, 0) is 30.2 Å². The highest BCUT2D eigenvalue weighted by molar-refractivity contribution is 7.89. The van der Waals surface area contributed by atoms with Crippen molar-refractivity contribution in [3.8, 4) is 0 Å². The van der Waals surface area contributed by atoms with Gasteiger partial charge in [-0.3, -0.25) is 10.1 Å². The SMILES string of the molecule is O=C(NCCc1ccc(C(F)(F)F)cc1)N1CCN(S(=O)(=O)c2cccc([N+](=O)[O-])c2)CC1. The van der Waals surface area contributed by atoms with E-state index in [0.717, 1.165) is 22.5 Å². The molecule has 1 fully saturated rings. The number of nitrogens with zero attached hydrogens (tertiary/aromatic N) is 3. The van der Waals surface area contributed by atoms with Crippen LogP contribution in [-0.2, 0) is 22.6 Å². The number of hydrogen-bond donors (Lipinski definition) is 1. The Morgan fingerprint density at radius 2 is 1.70 bits per heavy atom. The number of urea groups is 1. The summed E-state index contributed by atoms with van der Waals surface area (Å²) >= 11 is 0. The van der Waals surface area contributed by atoms with E-state index in [9.17, 15) is 36.5 Å². The predicted octanol–water partition coefficient (Wildman–Crippen LogP) is 2.87. The van der Waals surface area contributed by atoms with Crippen LogP contribution in [0.25, 0.3) is 0 Å². The van der Waals surface area contributed by atoms with Gasteiger partial charge < -0.3 is 10.2 Å². The van der Waals surface area contributed by atoms with Gasteiger partial charge in [-0.1, -0.05) is 18.2 Å². The van der Waals surface area contributed by atoms with Crippen molar-refractivity contribution in [2.75, 3.05) is 32.7 Å². The molecule has 178 valence electrons. The van der Waals surface area contributed by atoms with Crippen LogP contribution in [-0.4, -0.2) is 61.3 Å². The molecule has 2 aromatic rings. The second kappa shape index (κ2) is 9.75. The van der Waals surface area contributed by atoms with Crippen molar-refractivity contribution in [2.24, 2.45) is 0 Å². The number of nitrogens with one attached hydrogen (secondary N) is 1. The van der Waals surface area contributed by atoms with Crippen molar-refractivity contribution in [1.29, 1.82) is 0 Å². The molecule has 0 aromatic heterocycles. The van der Waals surface area contributed by atoms with Crippen LogP contribution in [0.2, 0.25) is 0 Å². The highest BCUT2D eigenvalue weighted by Crippen LogP contribution is 2.29. The Labute approximate surface area is 188 Å². The highest BCUT2D eigenvalue weighted by Gasteiger charge is 2.31. The molecule has 3 rings (SSSR count). The predicted molar refractivity (Wildman–Crippen MR) is 112 cm³/mol. The Morgan fingerprint density at radius 3 is 2.27 bits per heavy atom. The van der Waals surface area contributed by atoms with E-state index in [1.165, 1.54) is 35.2 Å². The molecular formula is C20H21F3N4O5S. The fraction of sp³-hybridized carbons (Fsp3) is 0.350.